The number of alkyl halides is 2. The number of aliphatic imine (C=N–C) groups is 1. The minimum Gasteiger partial charge on any atom is -0.497 e. The molecular formula is C17H26F2IN3O3. The van der Waals surface area contributed by atoms with Crippen LogP contribution in [0.5, 0.6) is 11.5 Å². The SMILES string of the molecule is CCNC(=NCc1cc(OC)ccc1OC(F)F)NCC1(C)COC1.I. The van der Waals surface area contributed by atoms with Crippen molar-refractivity contribution >= 4 is 29.9 Å². The van der Waals surface area contributed by atoms with E-state index in [4.69, 9.17) is 9.47 Å². The molecule has 0 amide bonds. The third-order valence-electron chi connectivity index (χ3n) is 3.82. The molecule has 9 heteroatoms. The van der Waals surface area contributed by atoms with Gasteiger partial charge in [0.25, 0.3) is 0 Å². The van der Waals surface area contributed by atoms with Gasteiger partial charge in [0.2, 0.25) is 0 Å². The highest BCUT2D eigenvalue weighted by Gasteiger charge is 2.33. The fourth-order valence-electron chi connectivity index (χ4n) is 2.37. The number of benzene rings is 1. The lowest BCUT2D eigenvalue weighted by Gasteiger charge is -2.38. The summed E-state index contributed by atoms with van der Waals surface area (Å²) in [5, 5.41) is 6.40. The lowest BCUT2D eigenvalue weighted by Crippen LogP contribution is -2.51. The zero-order chi connectivity index (χ0) is 18.3. The van der Waals surface area contributed by atoms with Crippen LogP contribution < -0.4 is 20.1 Å². The quantitative estimate of drug-likeness (QED) is 0.337. The molecule has 2 rings (SSSR count). The Morgan fingerprint density at radius 3 is 2.62 bits per heavy atom. The monoisotopic (exact) mass is 485 g/mol. The molecule has 1 aromatic carbocycles. The molecule has 1 heterocycles. The first-order chi connectivity index (χ1) is 12.0. The Bertz CT molecular complexity index is 599. The first-order valence-corrected chi connectivity index (χ1v) is 8.17. The van der Waals surface area contributed by atoms with Gasteiger partial charge in [0.1, 0.15) is 11.5 Å². The maximum absolute atomic E-state index is 12.6. The zero-order valence-corrected chi connectivity index (χ0v) is 17.5. The molecule has 1 saturated heterocycles. The van der Waals surface area contributed by atoms with Crippen molar-refractivity contribution in [2.24, 2.45) is 10.4 Å². The smallest absolute Gasteiger partial charge is 0.387 e. The second kappa shape index (κ2) is 10.7. The molecule has 1 fully saturated rings. The molecule has 0 radical (unpaired) electrons. The minimum absolute atomic E-state index is 0. The fourth-order valence-corrected chi connectivity index (χ4v) is 2.37. The van der Waals surface area contributed by atoms with Gasteiger partial charge in [-0.2, -0.15) is 8.78 Å². The average Bonchev–Trinajstić information content (AvgIpc) is 2.56. The van der Waals surface area contributed by atoms with Crippen molar-refractivity contribution in [3.63, 3.8) is 0 Å². The van der Waals surface area contributed by atoms with E-state index in [2.05, 4.69) is 27.3 Å². The van der Waals surface area contributed by atoms with Gasteiger partial charge in [-0.15, -0.1) is 24.0 Å². The summed E-state index contributed by atoms with van der Waals surface area (Å²) in [7, 11) is 1.52. The van der Waals surface area contributed by atoms with Crippen LogP contribution in [0.25, 0.3) is 0 Å². The van der Waals surface area contributed by atoms with Crippen molar-refractivity contribution in [2.75, 3.05) is 33.4 Å². The molecule has 0 unspecified atom stereocenters. The van der Waals surface area contributed by atoms with Crippen LogP contribution in [-0.2, 0) is 11.3 Å². The molecule has 0 bridgehead atoms. The van der Waals surface area contributed by atoms with E-state index in [1.54, 1.807) is 12.1 Å². The predicted octanol–water partition coefficient (Wildman–Crippen LogP) is 3.01. The van der Waals surface area contributed by atoms with Crippen LogP contribution in [0.15, 0.2) is 23.2 Å². The normalized spacial score (nSPS) is 15.7. The highest BCUT2D eigenvalue weighted by Crippen LogP contribution is 2.27. The summed E-state index contributed by atoms with van der Waals surface area (Å²) in [6.07, 6.45) is 0. The van der Waals surface area contributed by atoms with Crippen molar-refractivity contribution in [3.8, 4) is 11.5 Å². The number of halogens is 3. The molecule has 0 aliphatic carbocycles. The lowest BCUT2D eigenvalue weighted by atomic mass is 9.89. The summed E-state index contributed by atoms with van der Waals surface area (Å²) in [6, 6.07) is 4.68. The van der Waals surface area contributed by atoms with Crippen molar-refractivity contribution in [1.82, 2.24) is 10.6 Å². The number of rotatable bonds is 8. The number of ether oxygens (including phenoxy) is 3. The summed E-state index contributed by atoms with van der Waals surface area (Å²) in [5.41, 5.74) is 0.617. The maximum atomic E-state index is 12.6. The van der Waals surface area contributed by atoms with Crippen LogP contribution in [0, 0.1) is 5.41 Å². The van der Waals surface area contributed by atoms with E-state index in [1.807, 2.05) is 6.92 Å². The summed E-state index contributed by atoms with van der Waals surface area (Å²) in [6.45, 7) is 4.22. The van der Waals surface area contributed by atoms with E-state index in [9.17, 15) is 8.78 Å². The van der Waals surface area contributed by atoms with Gasteiger partial charge in [0.15, 0.2) is 5.96 Å². The van der Waals surface area contributed by atoms with E-state index in [0.29, 0.717) is 37.0 Å². The highest BCUT2D eigenvalue weighted by atomic mass is 127. The molecule has 0 spiro atoms. The number of nitrogens with zero attached hydrogens (tertiary/aromatic N) is 1. The van der Waals surface area contributed by atoms with Crippen LogP contribution in [0.4, 0.5) is 8.78 Å². The summed E-state index contributed by atoms with van der Waals surface area (Å²) < 4.78 is 40.1. The van der Waals surface area contributed by atoms with E-state index in [-0.39, 0.29) is 41.7 Å². The van der Waals surface area contributed by atoms with Crippen LogP contribution >= 0.6 is 24.0 Å². The summed E-state index contributed by atoms with van der Waals surface area (Å²) in [4.78, 5) is 4.46. The van der Waals surface area contributed by atoms with Crippen LogP contribution in [0.1, 0.15) is 19.4 Å². The maximum Gasteiger partial charge on any atom is 0.387 e. The molecule has 26 heavy (non-hydrogen) atoms. The topological polar surface area (TPSA) is 64.1 Å². The van der Waals surface area contributed by atoms with Gasteiger partial charge in [0, 0.05) is 24.1 Å². The van der Waals surface area contributed by atoms with Crippen molar-refractivity contribution in [3.05, 3.63) is 23.8 Å². The van der Waals surface area contributed by atoms with Gasteiger partial charge < -0.3 is 24.8 Å². The molecule has 1 aliphatic rings. The molecule has 1 aromatic rings. The Hall–Kier alpha value is -1.36. The number of nitrogens with one attached hydrogen (secondary N) is 2. The Morgan fingerprint density at radius 1 is 1.35 bits per heavy atom. The van der Waals surface area contributed by atoms with Crippen molar-refractivity contribution < 1.29 is 23.0 Å². The molecule has 2 N–H and O–H groups in total. The Kier molecular flexibility index (Phi) is 9.34. The zero-order valence-electron chi connectivity index (χ0n) is 15.2. The molecule has 0 atom stereocenters. The first kappa shape index (κ1) is 22.7. The van der Waals surface area contributed by atoms with Gasteiger partial charge in [-0.1, -0.05) is 6.92 Å². The summed E-state index contributed by atoms with van der Waals surface area (Å²) in [5.74, 6) is 1.26. The Labute approximate surface area is 169 Å². The van der Waals surface area contributed by atoms with Crippen LogP contribution in [-0.4, -0.2) is 46.0 Å². The van der Waals surface area contributed by atoms with Crippen LogP contribution in [0.2, 0.25) is 0 Å². The van der Waals surface area contributed by atoms with Crippen molar-refractivity contribution in [1.29, 1.82) is 0 Å². The van der Waals surface area contributed by atoms with E-state index in [0.717, 1.165) is 6.54 Å². The molecule has 0 saturated carbocycles. The molecular weight excluding hydrogens is 459 g/mol. The largest absolute Gasteiger partial charge is 0.497 e. The molecule has 148 valence electrons. The lowest BCUT2D eigenvalue weighted by molar-refractivity contribution is -0.0971. The van der Waals surface area contributed by atoms with Gasteiger partial charge in [0.05, 0.1) is 26.9 Å². The Balaban J connectivity index is 0.00000338. The number of hydrogen-bond donors (Lipinski definition) is 2. The third kappa shape index (κ3) is 6.75. The predicted molar refractivity (Wildman–Crippen MR) is 107 cm³/mol. The first-order valence-electron chi connectivity index (χ1n) is 8.17. The highest BCUT2D eigenvalue weighted by molar-refractivity contribution is 14.0. The van der Waals surface area contributed by atoms with E-state index >= 15 is 0 Å². The number of hydrogen-bond acceptors (Lipinski definition) is 4. The minimum atomic E-state index is -2.89. The number of guanidine groups is 1. The van der Waals surface area contributed by atoms with Gasteiger partial charge in [-0.25, -0.2) is 4.99 Å². The van der Waals surface area contributed by atoms with Crippen molar-refractivity contribution in [2.45, 2.75) is 27.0 Å². The molecule has 1 aliphatic heterocycles. The standard InChI is InChI=1S/C17H25F2N3O3.HI/c1-4-20-16(22-9-17(2)10-24-11-17)21-8-12-7-13(23-3)5-6-14(12)25-15(18)19;/h5-7,15H,4,8-11H2,1-3H3,(H2,20,21,22);1H. The fraction of sp³-hybridized carbons (Fsp3) is 0.588. The second-order valence-electron chi connectivity index (χ2n) is 6.20. The van der Waals surface area contributed by atoms with Gasteiger partial charge >= 0.3 is 6.61 Å². The number of methoxy groups -OCH3 is 1. The average molecular weight is 485 g/mol. The summed E-state index contributed by atoms with van der Waals surface area (Å²) >= 11 is 0. The van der Waals surface area contributed by atoms with Gasteiger partial charge in [-0.3, -0.25) is 0 Å². The third-order valence-corrected chi connectivity index (χ3v) is 3.82. The van der Waals surface area contributed by atoms with Crippen LogP contribution in [0.3, 0.4) is 0 Å². The Morgan fingerprint density at radius 2 is 2.08 bits per heavy atom. The van der Waals surface area contributed by atoms with E-state index < -0.39 is 6.61 Å². The van der Waals surface area contributed by atoms with E-state index in [1.165, 1.54) is 13.2 Å². The molecule has 0 aromatic heterocycles. The van der Waals surface area contributed by atoms with Gasteiger partial charge in [-0.05, 0) is 25.1 Å². The second-order valence-corrected chi connectivity index (χ2v) is 6.20. The molecule has 6 nitrogen and oxygen atoms in total.